The standard InChI is InChI=1S/C14H31N3O2S/c1-12(2)15-8-5-6-10-20(18,19)16-14-7-9-17(4)13(3)11-14/h12-16H,5-11H2,1-4H3. The van der Waals surface area contributed by atoms with E-state index in [1.807, 2.05) is 0 Å². The molecular weight excluding hydrogens is 274 g/mol. The number of likely N-dealkylation sites (tertiary alicyclic amines) is 1. The molecular formula is C14H31N3O2S. The summed E-state index contributed by atoms with van der Waals surface area (Å²) in [7, 11) is -1.02. The van der Waals surface area contributed by atoms with E-state index in [2.05, 4.69) is 42.8 Å². The fourth-order valence-electron chi connectivity index (χ4n) is 2.52. The molecule has 2 N–H and O–H groups in total. The molecule has 1 aliphatic rings. The average molecular weight is 305 g/mol. The van der Waals surface area contributed by atoms with Crippen LogP contribution in [0.3, 0.4) is 0 Å². The topological polar surface area (TPSA) is 61.4 Å². The van der Waals surface area contributed by atoms with Crippen LogP contribution in [0.2, 0.25) is 0 Å². The van der Waals surface area contributed by atoms with E-state index in [9.17, 15) is 8.42 Å². The molecule has 1 aliphatic heterocycles. The van der Waals surface area contributed by atoms with Crippen molar-refractivity contribution in [3.05, 3.63) is 0 Å². The van der Waals surface area contributed by atoms with Crippen molar-refractivity contribution in [1.82, 2.24) is 14.9 Å². The summed E-state index contributed by atoms with van der Waals surface area (Å²) in [5.74, 6) is 0.244. The monoisotopic (exact) mass is 305 g/mol. The van der Waals surface area contributed by atoms with Crippen LogP contribution in [0.1, 0.15) is 46.5 Å². The van der Waals surface area contributed by atoms with E-state index in [1.165, 1.54) is 0 Å². The summed E-state index contributed by atoms with van der Waals surface area (Å²) in [4.78, 5) is 2.28. The van der Waals surface area contributed by atoms with Crippen molar-refractivity contribution in [2.45, 2.75) is 64.6 Å². The maximum absolute atomic E-state index is 12.0. The average Bonchev–Trinajstić information content (AvgIpc) is 2.32. The molecule has 5 nitrogen and oxygen atoms in total. The molecule has 0 saturated carbocycles. The van der Waals surface area contributed by atoms with Crippen molar-refractivity contribution >= 4 is 10.0 Å². The lowest BCUT2D eigenvalue weighted by Crippen LogP contribution is -2.47. The molecule has 0 aliphatic carbocycles. The van der Waals surface area contributed by atoms with Crippen molar-refractivity contribution in [3.8, 4) is 0 Å². The summed E-state index contributed by atoms with van der Waals surface area (Å²) in [5, 5.41) is 3.30. The first-order valence-electron chi connectivity index (χ1n) is 7.74. The van der Waals surface area contributed by atoms with Crippen LogP contribution in [-0.4, -0.2) is 57.3 Å². The van der Waals surface area contributed by atoms with E-state index in [1.54, 1.807) is 0 Å². The van der Waals surface area contributed by atoms with Gasteiger partial charge in [-0.2, -0.15) is 0 Å². The van der Waals surface area contributed by atoms with E-state index < -0.39 is 10.0 Å². The van der Waals surface area contributed by atoms with Gasteiger partial charge >= 0.3 is 0 Å². The second-order valence-corrected chi connectivity index (χ2v) is 8.18. The van der Waals surface area contributed by atoms with Gasteiger partial charge in [-0.3, -0.25) is 0 Å². The molecule has 0 aromatic carbocycles. The van der Waals surface area contributed by atoms with Gasteiger partial charge in [-0.05, 0) is 52.7 Å². The number of unbranched alkanes of at least 4 members (excludes halogenated alkanes) is 1. The zero-order valence-corrected chi connectivity index (χ0v) is 14.2. The Hall–Kier alpha value is -0.170. The number of nitrogens with zero attached hydrogens (tertiary/aromatic N) is 1. The molecule has 1 rings (SSSR count). The second-order valence-electron chi connectivity index (χ2n) is 6.30. The van der Waals surface area contributed by atoms with Gasteiger partial charge < -0.3 is 10.2 Å². The van der Waals surface area contributed by atoms with E-state index in [4.69, 9.17) is 0 Å². The van der Waals surface area contributed by atoms with Crippen molar-refractivity contribution in [2.75, 3.05) is 25.9 Å². The van der Waals surface area contributed by atoms with Gasteiger partial charge in [0.2, 0.25) is 10.0 Å². The number of nitrogens with one attached hydrogen (secondary N) is 2. The lowest BCUT2D eigenvalue weighted by Gasteiger charge is -2.35. The van der Waals surface area contributed by atoms with Gasteiger partial charge in [0.25, 0.3) is 0 Å². The quantitative estimate of drug-likeness (QED) is 0.661. The number of sulfonamides is 1. The summed E-state index contributed by atoms with van der Waals surface area (Å²) >= 11 is 0. The Labute approximate surface area is 124 Å². The molecule has 1 saturated heterocycles. The van der Waals surface area contributed by atoms with Gasteiger partial charge in [-0.1, -0.05) is 13.8 Å². The lowest BCUT2D eigenvalue weighted by atomic mass is 10.0. The van der Waals surface area contributed by atoms with Gasteiger partial charge in [-0.25, -0.2) is 13.1 Å². The van der Waals surface area contributed by atoms with Gasteiger partial charge in [0, 0.05) is 18.1 Å². The highest BCUT2D eigenvalue weighted by atomic mass is 32.2. The largest absolute Gasteiger partial charge is 0.315 e. The van der Waals surface area contributed by atoms with Crippen LogP contribution < -0.4 is 10.0 Å². The summed E-state index contributed by atoms with van der Waals surface area (Å²) in [6.45, 7) is 8.20. The second kappa shape index (κ2) is 8.32. The first-order chi connectivity index (χ1) is 9.30. The van der Waals surface area contributed by atoms with Crippen LogP contribution in [0, 0.1) is 0 Å². The summed E-state index contributed by atoms with van der Waals surface area (Å²) in [6, 6.07) is 1.03. The molecule has 1 heterocycles. The van der Waals surface area contributed by atoms with Crippen LogP contribution in [0.15, 0.2) is 0 Å². The van der Waals surface area contributed by atoms with Crippen LogP contribution in [0.4, 0.5) is 0 Å². The molecule has 1 fully saturated rings. The van der Waals surface area contributed by atoms with Crippen LogP contribution in [0.25, 0.3) is 0 Å². The molecule has 20 heavy (non-hydrogen) atoms. The van der Waals surface area contributed by atoms with Gasteiger partial charge in [-0.15, -0.1) is 0 Å². The molecule has 0 aromatic rings. The normalized spacial score (nSPS) is 25.2. The Kier molecular flexibility index (Phi) is 7.43. The minimum atomic E-state index is -3.12. The van der Waals surface area contributed by atoms with Crippen molar-refractivity contribution < 1.29 is 8.42 Å². The molecule has 2 unspecified atom stereocenters. The Balaban J connectivity index is 2.24. The third-order valence-electron chi connectivity index (χ3n) is 3.95. The predicted molar refractivity (Wildman–Crippen MR) is 84.4 cm³/mol. The Morgan fingerprint density at radius 2 is 2.00 bits per heavy atom. The fraction of sp³-hybridized carbons (Fsp3) is 1.00. The molecule has 0 spiro atoms. The molecule has 6 heteroatoms. The summed E-state index contributed by atoms with van der Waals surface area (Å²) < 4.78 is 26.9. The Morgan fingerprint density at radius 3 is 2.60 bits per heavy atom. The Morgan fingerprint density at radius 1 is 1.30 bits per heavy atom. The van der Waals surface area contributed by atoms with Crippen molar-refractivity contribution in [3.63, 3.8) is 0 Å². The highest BCUT2D eigenvalue weighted by molar-refractivity contribution is 7.89. The molecule has 0 bridgehead atoms. The van der Waals surface area contributed by atoms with Crippen molar-refractivity contribution in [2.24, 2.45) is 0 Å². The van der Waals surface area contributed by atoms with Crippen LogP contribution in [0.5, 0.6) is 0 Å². The van der Waals surface area contributed by atoms with Crippen LogP contribution >= 0.6 is 0 Å². The molecule has 2 atom stereocenters. The van der Waals surface area contributed by atoms with Gasteiger partial charge in [0.05, 0.1) is 5.75 Å². The first-order valence-corrected chi connectivity index (χ1v) is 9.39. The highest BCUT2D eigenvalue weighted by Gasteiger charge is 2.25. The summed E-state index contributed by atoms with van der Waals surface area (Å²) in [5.41, 5.74) is 0. The fourth-order valence-corrected chi connectivity index (χ4v) is 3.94. The molecule has 0 amide bonds. The number of rotatable bonds is 8. The van der Waals surface area contributed by atoms with Crippen LogP contribution in [-0.2, 0) is 10.0 Å². The number of hydrogen-bond donors (Lipinski definition) is 2. The maximum Gasteiger partial charge on any atom is 0.211 e. The zero-order valence-electron chi connectivity index (χ0n) is 13.4. The SMILES string of the molecule is CC(C)NCCCCS(=O)(=O)NC1CCN(C)C(C)C1. The maximum atomic E-state index is 12.0. The molecule has 0 radical (unpaired) electrons. The summed E-state index contributed by atoms with van der Waals surface area (Å²) in [6.07, 6.45) is 3.44. The highest BCUT2D eigenvalue weighted by Crippen LogP contribution is 2.16. The first kappa shape index (κ1) is 17.9. The number of hydrogen-bond acceptors (Lipinski definition) is 4. The minimum absolute atomic E-state index is 0.111. The lowest BCUT2D eigenvalue weighted by molar-refractivity contribution is 0.178. The third-order valence-corrected chi connectivity index (χ3v) is 5.47. The van der Waals surface area contributed by atoms with E-state index >= 15 is 0 Å². The molecule has 120 valence electrons. The van der Waals surface area contributed by atoms with E-state index in [0.717, 1.165) is 38.8 Å². The predicted octanol–water partition coefficient (Wildman–Crippen LogP) is 1.17. The van der Waals surface area contributed by atoms with E-state index in [-0.39, 0.29) is 11.8 Å². The molecule has 0 aromatic heterocycles. The van der Waals surface area contributed by atoms with Gasteiger partial charge in [0.1, 0.15) is 0 Å². The third kappa shape index (κ3) is 7.02. The minimum Gasteiger partial charge on any atom is -0.315 e. The van der Waals surface area contributed by atoms with Gasteiger partial charge in [0.15, 0.2) is 0 Å². The smallest absolute Gasteiger partial charge is 0.211 e. The zero-order chi connectivity index (χ0) is 15.2. The van der Waals surface area contributed by atoms with E-state index in [0.29, 0.717) is 12.1 Å². The Bertz CT molecular complexity index is 371. The number of piperidine rings is 1. The van der Waals surface area contributed by atoms with Crippen molar-refractivity contribution in [1.29, 1.82) is 0 Å².